The summed E-state index contributed by atoms with van der Waals surface area (Å²) in [6, 6.07) is 0. The van der Waals surface area contributed by atoms with Gasteiger partial charge in [-0.3, -0.25) is 10.2 Å². The summed E-state index contributed by atoms with van der Waals surface area (Å²) in [5, 5.41) is 1.67. The lowest BCUT2D eigenvalue weighted by Gasteiger charge is -2.05. The van der Waals surface area contributed by atoms with Gasteiger partial charge in [-0.25, -0.2) is 10.8 Å². The first kappa shape index (κ1) is 13.9. The van der Waals surface area contributed by atoms with E-state index in [9.17, 15) is 18.0 Å². The lowest BCUT2D eigenvalue weighted by molar-refractivity contribution is -0.146. The number of nitrogens with two attached hydrogens (primary N) is 1. The molecule has 0 saturated carbocycles. The molecule has 1 aromatic heterocycles. The van der Waals surface area contributed by atoms with Crippen LogP contribution in [-0.4, -0.2) is 23.7 Å². The fraction of sp³-hybridized carbons (Fsp3) is 0.500. The Morgan fingerprint density at radius 3 is 2.88 bits per heavy atom. The second-order valence-corrected chi connectivity index (χ2v) is 3.89. The first-order valence-corrected chi connectivity index (χ1v) is 5.40. The molecule has 17 heavy (non-hydrogen) atoms. The first-order valence-electron chi connectivity index (χ1n) is 4.52. The molecule has 0 spiro atoms. The zero-order chi connectivity index (χ0) is 12.9. The molecule has 96 valence electrons. The summed E-state index contributed by atoms with van der Waals surface area (Å²) in [7, 11) is 0. The Kier molecular flexibility index (Phi) is 4.85. The van der Waals surface area contributed by atoms with Crippen molar-refractivity contribution in [1.29, 1.82) is 0 Å². The Bertz CT molecular complexity index is 380. The number of carbonyl (C=O) groups excluding carboxylic acids is 1. The number of hydrogen-bond acceptors (Lipinski definition) is 5. The van der Waals surface area contributed by atoms with Gasteiger partial charge in [-0.2, -0.15) is 13.2 Å². The van der Waals surface area contributed by atoms with Crippen LogP contribution in [0.2, 0.25) is 0 Å². The van der Waals surface area contributed by atoms with Crippen LogP contribution >= 0.6 is 11.3 Å². The highest BCUT2D eigenvalue weighted by Gasteiger charge is 2.26. The van der Waals surface area contributed by atoms with E-state index in [0.29, 0.717) is 5.69 Å². The van der Waals surface area contributed by atoms with E-state index in [2.05, 4.69) is 4.98 Å². The van der Waals surface area contributed by atoms with Crippen LogP contribution in [0.1, 0.15) is 21.9 Å². The van der Waals surface area contributed by atoms with Crippen molar-refractivity contribution < 1.29 is 22.7 Å². The van der Waals surface area contributed by atoms with Crippen LogP contribution in [0.5, 0.6) is 0 Å². The standard InChI is InChI=1S/C8H10F3N3O2S/c9-8(10,11)1-2-16-3-5-4-17-7(13-5)6(15)14-12/h4H,1-3,12H2,(H,14,15). The number of halogens is 3. The Labute approximate surface area is 98.7 Å². The second-order valence-electron chi connectivity index (χ2n) is 3.04. The molecule has 0 aromatic carbocycles. The molecule has 1 aromatic rings. The molecular weight excluding hydrogens is 259 g/mol. The van der Waals surface area contributed by atoms with Crippen molar-refractivity contribution in [3.8, 4) is 0 Å². The molecule has 0 unspecified atom stereocenters. The number of nitrogen functional groups attached to an aromatic ring is 1. The lowest BCUT2D eigenvalue weighted by Crippen LogP contribution is -2.29. The van der Waals surface area contributed by atoms with Crippen LogP contribution in [0.25, 0.3) is 0 Å². The number of ether oxygens (including phenoxy) is 1. The SMILES string of the molecule is NNC(=O)c1nc(COCCC(F)(F)F)cs1. The van der Waals surface area contributed by atoms with E-state index in [4.69, 9.17) is 10.6 Å². The third-order valence-electron chi connectivity index (χ3n) is 1.66. The Balaban J connectivity index is 2.33. The zero-order valence-corrected chi connectivity index (χ0v) is 9.40. The average Bonchev–Trinajstić information content (AvgIpc) is 2.70. The minimum atomic E-state index is -4.23. The van der Waals surface area contributed by atoms with Gasteiger partial charge in [0.15, 0.2) is 5.01 Å². The number of carbonyl (C=O) groups is 1. The summed E-state index contributed by atoms with van der Waals surface area (Å²) >= 11 is 1.04. The van der Waals surface area contributed by atoms with Gasteiger partial charge in [-0.15, -0.1) is 11.3 Å². The van der Waals surface area contributed by atoms with Crippen molar-refractivity contribution in [3.63, 3.8) is 0 Å². The molecule has 1 rings (SSSR count). The highest BCUT2D eigenvalue weighted by molar-refractivity contribution is 7.11. The quantitative estimate of drug-likeness (QED) is 0.364. The molecule has 0 aliphatic rings. The van der Waals surface area contributed by atoms with E-state index >= 15 is 0 Å². The Morgan fingerprint density at radius 2 is 2.29 bits per heavy atom. The number of nitrogens with one attached hydrogen (secondary N) is 1. The summed E-state index contributed by atoms with van der Waals surface area (Å²) in [5.74, 6) is 4.35. The first-order chi connectivity index (χ1) is 7.92. The van der Waals surface area contributed by atoms with Gasteiger partial charge >= 0.3 is 6.18 Å². The fourth-order valence-corrected chi connectivity index (χ4v) is 1.61. The van der Waals surface area contributed by atoms with Crippen molar-refractivity contribution in [2.75, 3.05) is 6.61 Å². The van der Waals surface area contributed by atoms with Crippen LogP contribution < -0.4 is 11.3 Å². The molecule has 0 aliphatic carbocycles. The van der Waals surface area contributed by atoms with Crippen LogP contribution in [0.4, 0.5) is 13.2 Å². The summed E-state index contributed by atoms with van der Waals surface area (Å²) < 4.78 is 40.1. The molecular formula is C8H10F3N3O2S. The fourth-order valence-electron chi connectivity index (χ4n) is 0.904. The second kappa shape index (κ2) is 5.94. The monoisotopic (exact) mass is 269 g/mol. The van der Waals surface area contributed by atoms with Crippen LogP contribution in [0, 0.1) is 0 Å². The predicted octanol–water partition coefficient (Wildman–Crippen LogP) is 1.22. The van der Waals surface area contributed by atoms with Gasteiger partial charge in [0.25, 0.3) is 5.91 Å². The van der Waals surface area contributed by atoms with Gasteiger partial charge in [0.05, 0.1) is 25.3 Å². The number of thiazole rings is 1. The summed E-state index contributed by atoms with van der Waals surface area (Å²) in [6.07, 6.45) is -5.24. The minimum Gasteiger partial charge on any atom is -0.375 e. The van der Waals surface area contributed by atoms with Gasteiger partial charge in [0, 0.05) is 5.38 Å². The van der Waals surface area contributed by atoms with E-state index < -0.39 is 25.1 Å². The van der Waals surface area contributed by atoms with E-state index in [1.54, 1.807) is 0 Å². The van der Waals surface area contributed by atoms with Crippen molar-refractivity contribution >= 4 is 17.2 Å². The van der Waals surface area contributed by atoms with Gasteiger partial charge < -0.3 is 4.74 Å². The maximum absolute atomic E-state index is 11.8. The van der Waals surface area contributed by atoms with E-state index in [0.717, 1.165) is 11.3 Å². The number of alkyl halides is 3. The topological polar surface area (TPSA) is 77.2 Å². The average molecular weight is 269 g/mol. The highest BCUT2D eigenvalue weighted by Crippen LogP contribution is 2.19. The van der Waals surface area contributed by atoms with Crippen LogP contribution in [0.15, 0.2) is 5.38 Å². The maximum Gasteiger partial charge on any atom is 0.391 e. The third-order valence-corrected chi connectivity index (χ3v) is 2.55. The number of amides is 1. The highest BCUT2D eigenvalue weighted by atomic mass is 32.1. The molecule has 0 fully saturated rings. The molecule has 0 saturated heterocycles. The van der Waals surface area contributed by atoms with Crippen molar-refractivity contribution in [2.45, 2.75) is 19.2 Å². The van der Waals surface area contributed by atoms with Crippen molar-refractivity contribution in [2.24, 2.45) is 5.84 Å². The molecule has 5 nitrogen and oxygen atoms in total. The van der Waals surface area contributed by atoms with Gasteiger partial charge in [-0.05, 0) is 0 Å². The maximum atomic E-state index is 11.8. The third kappa shape index (κ3) is 5.11. The smallest absolute Gasteiger partial charge is 0.375 e. The Hall–Kier alpha value is -1.19. The number of nitrogens with zero attached hydrogens (tertiary/aromatic N) is 1. The van der Waals surface area contributed by atoms with Crippen LogP contribution in [-0.2, 0) is 11.3 Å². The molecule has 1 heterocycles. The molecule has 0 bridgehead atoms. The molecule has 0 aliphatic heterocycles. The summed E-state index contributed by atoms with van der Waals surface area (Å²) in [5.41, 5.74) is 2.30. The Morgan fingerprint density at radius 1 is 1.59 bits per heavy atom. The van der Waals surface area contributed by atoms with Crippen molar-refractivity contribution in [3.05, 3.63) is 16.1 Å². The molecule has 3 N–H and O–H groups in total. The van der Waals surface area contributed by atoms with Gasteiger partial charge in [-0.1, -0.05) is 0 Å². The number of rotatable bonds is 5. The minimum absolute atomic E-state index is 0.0650. The molecule has 0 atom stereocenters. The van der Waals surface area contributed by atoms with Crippen molar-refractivity contribution in [1.82, 2.24) is 10.4 Å². The zero-order valence-electron chi connectivity index (χ0n) is 8.58. The number of hydrogen-bond donors (Lipinski definition) is 2. The summed E-state index contributed by atoms with van der Waals surface area (Å²) in [4.78, 5) is 14.8. The normalized spacial score (nSPS) is 11.5. The van der Waals surface area contributed by atoms with Crippen LogP contribution in [0.3, 0.4) is 0 Å². The number of hydrazine groups is 1. The predicted molar refractivity (Wildman–Crippen MR) is 54.1 cm³/mol. The molecule has 1 amide bonds. The molecule has 0 radical (unpaired) electrons. The number of aromatic nitrogens is 1. The largest absolute Gasteiger partial charge is 0.391 e. The summed E-state index contributed by atoms with van der Waals surface area (Å²) in [6.45, 7) is -0.496. The van der Waals surface area contributed by atoms with Gasteiger partial charge in [0.2, 0.25) is 0 Å². The van der Waals surface area contributed by atoms with E-state index in [1.807, 2.05) is 5.43 Å². The van der Waals surface area contributed by atoms with E-state index in [-0.39, 0.29) is 11.6 Å². The van der Waals surface area contributed by atoms with Gasteiger partial charge in [0.1, 0.15) is 0 Å². The van der Waals surface area contributed by atoms with E-state index in [1.165, 1.54) is 5.38 Å². The lowest BCUT2D eigenvalue weighted by atomic mass is 10.4. The molecule has 9 heteroatoms.